The van der Waals surface area contributed by atoms with E-state index < -0.39 is 34.4 Å². The molecule has 0 aliphatic heterocycles. The summed E-state index contributed by atoms with van der Waals surface area (Å²) >= 11 is 5.66. The highest BCUT2D eigenvalue weighted by Gasteiger charge is 2.33. The Morgan fingerprint density at radius 3 is 2.54 bits per heavy atom. The van der Waals surface area contributed by atoms with Crippen molar-refractivity contribution in [1.29, 1.82) is 0 Å². The van der Waals surface area contributed by atoms with Crippen molar-refractivity contribution in [1.82, 2.24) is 9.78 Å². The molecule has 0 spiro atoms. The molecule has 0 atom stereocenters. The standard InChI is InChI=1S/C14H11ClF4N2O3/c1-3-23-13(22)21-7(2)4-11(20-21)24-12-9(15)5-8(6-10(12)16)14(17,18)19/h4-6H,3H2,1-2H3. The van der Waals surface area contributed by atoms with E-state index in [1.54, 1.807) is 6.92 Å². The second-order valence-electron chi connectivity index (χ2n) is 4.60. The zero-order valence-electron chi connectivity index (χ0n) is 12.4. The van der Waals surface area contributed by atoms with E-state index in [0.29, 0.717) is 11.8 Å². The number of hydrogen-bond acceptors (Lipinski definition) is 4. The van der Waals surface area contributed by atoms with Crippen LogP contribution in [-0.4, -0.2) is 22.5 Å². The second kappa shape index (κ2) is 6.68. The first kappa shape index (κ1) is 18.1. The molecule has 2 rings (SSSR count). The van der Waals surface area contributed by atoms with Crippen molar-refractivity contribution in [3.8, 4) is 11.6 Å². The van der Waals surface area contributed by atoms with E-state index in [9.17, 15) is 22.4 Å². The highest BCUT2D eigenvalue weighted by atomic mass is 35.5. The first-order valence-electron chi connectivity index (χ1n) is 6.61. The van der Waals surface area contributed by atoms with Crippen molar-refractivity contribution >= 4 is 17.7 Å². The van der Waals surface area contributed by atoms with Gasteiger partial charge in [-0.25, -0.2) is 9.18 Å². The summed E-state index contributed by atoms with van der Waals surface area (Å²) in [5, 5.41) is 3.17. The minimum absolute atomic E-state index is 0.119. The van der Waals surface area contributed by atoms with Crippen molar-refractivity contribution < 1.29 is 31.8 Å². The van der Waals surface area contributed by atoms with Gasteiger partial charge in [-0.3, -0.25) is 0 Å². The third-order valence-electron chi connectivity index (χ3n) is 2.84. The van der Waals surface area contributed by atoms with Gasteiger partial charge in [-0.1, -0.05) is 11.6 Å². The Morgan fingerprint density at radius 2 is 2.00 bits per heavy atom. The predicted octanol–water partition coefficient (Wildman–Crippen LogP) is 4.80. The Bertz CT molecular complexity index is 751. The van der Waals surface area contributed by atoms with Crippen molar-refractivity contribution in [3.63, 3.8) is 0 Å². The molecule has 2 aromatic rings. The number of aryl methyl sites for hydroxylation is 1. The Hall–Kier alpha value is -2.29. The van der Waals surface area contributed by atoms with Crippen LogP contribution in [0, 0.1) is 12.7 Å². The molecule has 130 valence electrons. The summed E-state index contributed by atoms with van der Waals surface area (Å²) in [4.78, 5) is 11.6. The van der Waals surface area contributed by atoms with Crippen LogP contribution >= 0.6 is 11.6 Å². The Morgan fingerprint density at radius 1 is 1.33 bits per heavy atom. The molecule has 1 heterocycles. The van der Waals surface area contributed by atoms with Gasteiger partial charge >= 0.3 is 12.3 Å². The van der Waals surface area contributed by atoms with Gasteiger partial charge in [0.1, 0.15) is 0 Å². The highest BCUT2D eigenvalue weighted by Crippen LogP contribution is 2.38. The van der Waals surface area contributed by atoms with Gasteiger partial charge < -0.3 is 9.47 Å². The number of carbonyl (C=O) groups excluding carboxylic acids is 1. The van der Waals surface area contributed by atoms with Crippen LogP contribution in [0.1, 0.15) is 18.2 Å². The van der Waals surface area contributed by atoms with E-state index in [1.807, 2.05) is 0 Å². The minimum Gasteiger partial charge on any atom is -0.448 e. The fourth-order valence-electron chi connectivity index (χ4n) is 1.79. The first-order valence-corrected chi connectivity index (χ1v) is 6.99. The summed E-state index contributed by atoms with van der Waals surface area (Å²) < 4.78 is 62.4. The van der Waals surface area contributed by atoms with E-state index in [1.165, 1.54) is 13.0 Å². The van der Waals surface area contributed by atoms with Gasteiger partial charge in [0, 0.05) is 6.07 Å². The summed E-state index contributed by atoms with van der Waals surface area (Å²) in [7, 11) is 0. The summed E-state index contributed by atoms with van der Waals surface area (Å²) in [5.74, 6) is -2.16. The zero-order valence-corrected chi connectivity index (χ0v) is 13.2. The number of benzene rings is 1. The summed E-state index contributed by atoms with van der Waals surface area (Å²) in [5.41, 5.74) is -0.919. The van der Waals surface area contributed by atoms with Crippen LogP contribution < -0.4 is 4.74 Å². The topological polar surface area (TPSA) is 53.4 Å². The number of halogens is 5. The smallest absolute Gasteiger partial charge is 0.435 e. The molecular formula is C14H11ClF4N2O3. The quantitative estimate of drug-likeness (QED) is 0.732. The summed E-state index contributed by atoms with van der Waals surface area (Å²) in [6.45, 7) is 3.24. The number of nitrogens with zero attached hydrogens (tertiary/aromatic N) is 2. The van der Waals surface area contributed by atoms with Gasteiger partial charge in [-0.15, -0.1) is 5.10 Å². The molecule has 1 aromatic heterocycles. The van der Waals surface area contributed by atoms with Gasteiger partial charge in [0.25, 0.3) is 0 Å². The second-order valence-corrected chi connectivity index (χ2v) is 5.01. The molecule has 10 heteroatoms. The number of aromatic nitrogens is 2. The van der Waals surface area contributed by atoms with Crippen LogP contribution in [0.25, 0.3) is 0 Å². The molecule has 0 saturated heterocycles. The average Bonchev–Trinajstić information content (AvgIpc) is 2.83. The lowest BCUT2D eigenvalue weighted by atomic mass is 10.2. The van der Waals surface area contributed by atoms with Crippen molar-refractivity contribution in [2.45, 2.75) is 20.0 Å². The third-order valence-corrected chi connectivity index (χ3v) is 3.12. The van der Waals surface area contributed by atoms with Gasteiger partial charge in [0.15, 0.2) is 11.6 Å². The van der Waals surface area contributed by atoms with Crippen molar-refractivity contribution in [3.05, 3.63) is 40.3 Å². The van der Waals surface area contributed by atoms with Crippen LogP contribution in [0.4, 0.5) is 22.4 Å². The molecular weight excluding hydrogens is 356 g/mol. The predicted molar refractivity (Wildman–Crippen MR) is 75.9 cm³/mol. The van der Waals surface area contributed by atoms with E-state index in [0.717, 1.165) is 4.68 Å². The van der Waals surface area contributed by atoms with Gasteiger partial charge in [0.05, 0.1) is 22.9 Å². The molecule has 0 amide bonds. The molecule has 0 radical (unpaired) electrons. The van der Waals surface area contributed by atoms with Crippen LogP contribution in [0.15, 0.2) is 18.2 Å². The Balaban J connectivity index is 2.32. The molecule has 24 heavy (non-hydrogen) atoms. The fraction of sp³-hybridized carbons (Fsp3) is 0.286. The van der Waals surface area contributed by atoms with Crippen LogP contribution in [0.3, 0.4) is 0 Å². The normalized spacial score (nSPS) is 11.5. The molecule has 0 N–H and O–H groups in total. The number of hydrogen-bond donors (Lipinski definition) is 0. The van der Waals surface area contributed by atoms with Crippen LogP contribution in [-0.2, 0) is 10.9 Å². The molecule has 1 aromatic carbocycles. The Labute approximate surface area is 138 Å². The number of carbonyl (C=O) groups is 1. The van der Waals surface area contributed by atoms with Crippen LogP contribution in [0.5, 0.6) is 11.6 Å². The number of rotatable bonds is 3. The van der Waals surface area contributed by atoms with E-state index in [4.69, 9.17) is 21.1 Å². The average molecular weight is 367 g/mol. The Kier molecular flexibility index (Phi) is 5.02. The molecule has 0 aliphatic carbocycles. The SMILES string of the molecule is CCOC(=O)n1nc(Oc2c(F)cc(C(F)(F)F)cc2Cl)cc1C. The van der Waals surface area contributed by atoms with E-state index in [2.05, 4.69) is 5.10 Å². The molecule has 0 aliphatic rings. The molecule has 5 nitrogen and oxygen atoms in total. The number of alkyl halides is 3. The van der Waals surface area contributed by atoms with Crippen molar-refractivity contribution in [2.75, 3.05) is 6.61 Å². The summed E-state index contributed by atoms with van der Waals surface area (Å²) in [6.07, 6.45) is -5.52. The maximum absolute atomic E-state index is 13.9. The van der Waals surface area contributed by atoms with Gasteiger partial charge in [-0.05, 0) is 26.0 Å². The number of ether oxygens (including phenoxy) is 2. The lowest BCUT2D eigenvalue weighted by Gasteiger charge is -2.11. The largest absolute Gasteiger partial charge is 0.448 e. The maximum atomic E-state index is 13.9. The molecule has 0 fully saturated rings. The monoisotopic (exact) mass is 366 g/mol. The lowest BCUT2D eigenvalue weighted by Crippen LogP contribution is -2.16. The zero-order chi connectivity index (χ0) is 18.1. The lowest BCUT2D eigenvalue weighted by molar-refractivity contribution is -0.137. The minimum atomic E-state index is -4.74. The fourth-order valence-corrected chi connectivity index (χ4v) is 2.04. The van der Waals surface area contributed by atoms with Gasteiger partial charge in [-0.2, -0.15) is 17.9 Å². The molecule has 0 saturated carbocycles. The third kappa shape index (κ3) is 3.78. The van der Waals surface area contributed by atoms with E-state index in [-0.39, 0.29) is 18.6 Å². The molecule has 0 unspecified atom stereocenters. The maximum Gasteiger partial charge on any atom is 0.435 e. The van der Waals surface area contributed by atoms with Crippen molar-refractivity contribution in [2.24, 2.45) is 0 Å². The first-order chi connectivity index (χ1) is 11.1. The van der Waals surface area contributed by atoms with E-state index >= 15 is 0 Å². The highest BCUT2D eigenvalue weighted by molar-refractivity contribution is 6.32. The summed E-state index contributed by atoms with van der Waals surface area (Å²) in [6, 6.07) is 2.08. The van der Waals surface area contributed by atoms with Crippen LogP contribution in [0.2, 0.25) is 5.02 Å². The molecule has 0 bridgehead atoms. The van der Waals surface area contributed by atoms with Gasteiger partial charge in [0.2, 0.25) is 5.88 Å².